The smallest absolute Gasteiger partial charge is 0.258 e. The van der Waals surface area contributed by atoms with E-state index in [0.717, 1.165) is 6.42 Å². The van der Waals surface area contributed by atoms with E-state index < -0.39 is 0 Å². The van der Waals surface area contributed by atoms with E-state index in [4.69, 9.17) is 9.47 Å². The summed E-state index contributed by atoms with van der Waals surface area (Å²) in [6.45, 7) is 1.34. The van der Waals surface area contributed by atoms with Gasteiger partial charge in [0, 0.05) is 19.0 Å². The predicted octanol–water partition coefficient (Wildman–Crippen LogP) is 2.36. The highest BCUT2D eigenvalue weighted by atomic mass is 16.5. The molecule has 1 aliphatic rings. The van der Waals surface area contributed by atoms with Crippen LogP contribution in [0.3, 0.4) is 0 Å². The fourth-order valence-corrected chi connectivity index (χ4v) is 3.02. The summed E-state index contributed by atoms with van der Waals surface area (Å²) < 4.78 is 11.2. The molecule has 1 amide bonds. The van der Waals surface area contributed by atoms with E-state index in [1.165, 1.54) is 4.90 Å². The van der Waals surface area contributed by atoms with Gasteiger partial charge in [0.25, 0.3) is 11.5 Å². The second kappa shape index (κ2) is 7.11. The Morgan fingerprint density at radius 3 is 2.78 bits per heavy atom. The second-order valence-corrected chi connectivity index (χ2v) is 6.40. The Labute approximate surface area is 155 Å². The van der Waals surface area contributed by atoms with Crippen molar-refractivity contribution in [2.45, 2.75) is 13.0 Å². The molecule has 2 aromatic carbocycles. The number of carbonyl (C=O) groups is 1. The highest BCUT2D eigenvalue weighted by molar-refractivity contribution is 5.94. The molecule has 0 saturated carbocycles. The predicted molar refractivity (Wildman–Crippen MR) is 100 cm³/mol. The van der Waals surface area contributed by atoms with Crippen molar-refractivity contribution in [3.05, 3.63) is 64.2 Å². The lowest BCUT2D eigenvalue weighted by atomic mass is 10.1. The van der Waals surface area contributed by atoms with Gasteiger partial charge in [0.2, 0.25) is 0 Å². The first-order valence-electron chi connectivity index (χ1n) is 8.75. The molecule has 138 valence electrons. The number of nitrogens with one attached hydrogen (secondary N) is 1. The molecule has 0 aliphatic carbocycles. The number of aromatic amines is 1. The molecule has 27 heavy (non-hydrogen) atoms. The van der Waals surface area contributed by atoms with Gasteiger partial charge in [-0.25, -0.2) is 4.98 Å². The SMILES string of the molecule is CN(Cc1nc2ccccc2c(=O)[nH]1)C(=O)c1ccc2c(c1)OCCCO2. The van der Waals surface area contributed by atoms with E-state index in [-0.39, 0.29) is 18.0 Å². The molecule has 7 heteroatoms. The van der Waals surface area contributed by atoms with Crippen LogP contribution in [-0.4, -0.2) is 41.0 Å². The quantitative estimate of drug-likeness (QED) is 0.770. The number of rotatable bonds is 3. The van der Waals surface area contributed by atoms with Crippen molar-refractivity contribution in [3.63, 3.8) is 0 Å². The topological polar surface area (TPSA) is 84.5 Å². The lowest BCUT2D eigenvalue weighted by Gasteiger charge is -2.17. The van der Waals surface area contributed by atoms with Crippen LogP contribution in [-0.2, 0) is 6.54 Å². The second-order valence-electron chi connectivity index (χ2n) is 6.40. The Morgan fingerprint density at radius 1 is 1.15 bits per heavy atom. The van der Waals surface area contributed by atoms with Crippen LogP contribution < -0.4 is 15.0 Å². The number of para-hydroxylation sites is 1. The van der Waals surface area contributed by atoms with E-state index >= 15 is 0 Å². The third-order valence-corrected chi connectivity index (χ3v) is 4.39. The first-order chi connectivity index (χ1) is 13.1. The fraction of sp³-hybridized carbons (Fsp3) is 0.250. The summed E-state index contributed by atoms with van der Waals surface area (Å²) >= 11 is 0. The lowest BCUT2D eigenvalue weighted by Crippen LogP contribution is -2.28. The van der Waals surface area contributed by atoms with Gasteiger partial charge < -0.3 is 19.4 Å². The van der Waals surface area contributed by atoms with Crippen LogP contribution in [0.15, 0.2) is 47.3 Å². The number of hydrogen-bond acceptors (Lipinski definition) is 5. The van der Waals surface area contributed by atoms with Crippen molar-refractivity contribution in [1.29, 1.82) is 0 Å². The van der Waals surface area contributed by atoms with E-state index in [2.05, 4.69) is 9.97 Å². The molecular formula is C20H19N3O4. The molecule has 0 fully saturated rings. The van der Waals surface area contributed by atoms with Crippen molar-refractivity contribution in [1.82, 2.24) is 14.9 Å². The molecule has 4 rings (SSSR count). The van der Waals surface area contributed by atoms with Crippen LogP contribution in [0.2, 0.25) is 0 Å². The van der Waals surface area contributed by atoms with Gasteiger partial charge in [0.15, 0.2) is 11.5 Å². The zero-order valence-corrected chi connectivity index (χ0v) is 14.9. The van der Waals surface area contributed by atoms with Crippen molar-refractivity contribution in [2.75, 3.05) is 20.3 Å². The average molecular weight is 365 g/mol. The Morgan fingerprint density at radius 2 is 1.93 bits per heavy atom. The zero-order chi connectivity index (χ0) is 18.8. The average Bonchev–Trinajstić information content (AvgIpc) is 2.92. The maximum atomic E-state index is 12.8. The first-order valence-corrected chi connectivity index (χ1v) is 8.75. The van der Waals surface area contributed by atoms with Crippen molar-refractivity contribution >= 4 is 16.8 Å². The van der Waals surface area contributed by atoms with Gasteiger partial charge in [-0.1, -0.05) is 12.1 Å². The third kappa shape index (κ3) is 3.48. The van der Waals surface area contributed by atoms with Crippen LogP contribution in [0.1, 0.15) is 22.6 Å². The number of fused-ring (bicyclic) bond motifs is 2. The van der Waals surface area contributed by atoms with Gasteiger partial charge in [0.05, 0.1) is 30.7 Å². The fourth-order valence-electron chi connectivity index (χ4n) is 3.02. The molecular weight excluding hydrogens is 346 g/mol. The zero-order valence-electron chi connectivity index (χ0n) is 14.9. The maximum Gasteiger partial charge on any atom is 0.258 e. The summed E-state index contributed by atoms with van der Waals surface area (Å²) in [6.07, 6.45) is 0.804. The minimum atomic E-state index is -0.216. The van der Waals surface area contributed by atoms with Gasteiger partial charge in [-0.2, -0.15) is 0 Å². The van der Waals surface area contributed by atoms with Crippen molar-refractivity contribution < 1.29 is 14.3 Å². The van der Waals surface area contributed by atoms with E-state index in [1.54, 1.807) is 43.4 Å². The summed E-state index contributed by atoms with van der Waals surface area (Å²) in [5.41, 5.74) is 0.879. The molecule has 1 N–H and O–H groups in total. The van der Waals surface area contributed by atoms with E-state index in [9.17, 15) is 9.59 Å². The van der Waals surface area contributed by atoms with Gasteiger partial charge in [0.1, 0.15) is 5.82 Å². The molecule has 0 radical (unpaired) electrons. The number of ether oxygens (including phenoxy) is 2. The minimum absolute atomic E-state index is 0.188. The minimum Gasteiger partial charge on any atom is -0.490 e. The normalized spacial score (nSPS) is 13.2. The van der Waals surface area contributed by atoms with E-state index in [0.29, 0.717) is 47.0 Å². The molecule has 0 atom stereocenters. The first kappa shape index (κ1) is 17.1. The molecule has 1 aromatic heterocycles. The Hall–Kier alpha value is -3.35. The third-order valence-electron chi connectivity index (χ3n) is 4.39. The van der Waals surface area contributed by atoms with Gasteiger partial charge in [-0.15, -0.1) is 0 Å². The molecule has 0 spiro atoms. The number of nitrogens with zero attached hydrogens (tertiary/aromatic N) is 2. The van der Waals surface area contributed by atoms with Crippen LogP contribution in [0.5, 0.6) is 11.5 Å². The standard InChI is InChI=1S/C20H19N3O4/c1-23(12-18-21-15-6-3-2-5-14(15)19(24)22-18)20(25)13-7-8-16-17(11-13)27-10-4-9-26-16/h2-3,5-8,11H,4,9-10,12H2,1H3,(H,21,22,24). The highest BCUT2D eigenvalue weighted by Gasteiger charge is 2.18. The van der Waals surface area contributed by atoms with Gasteiger partial charge in [-0.3, -0.25) is 9.59 Å². The van der Waals surface area contributed by atoms with E-state index in [1.807, 2.05) is 6.07 Å². The summed E-state index contributed by atoms with van der Waals surface area (Å²) in [4.78, 5) is 33.7. The van der Waals surface area contributed by atoms with Crippen molar-refractivity contribution in [3.8, 4) is 11.5 Å². The monoisotopic (exact) mass is 365 g/mol. The summed E-state index contributed by atoms with van der Waals surface area (Å²) in [7, 11) is 1.67. The van der Waals surface area contributed by atoms with Crippen LogP contribution >= 0.6 is 0 Å². The molecule has 0 unspecified atom stereocenters. The Kier molecular flexibility index (Phi) is 4.50. The summed E-state index contributed by atoms with van der Waals surface area (Å²) in [6, 6.07) is 12.3. The summed E-state index contributed by atoms with van der Waals surface area (Å²) in [5, 5.41) is 0.526. The molecule has 1 aliphatic heterocycles. The van der Waals surface area contributed by atoms with Gasteiger partial charge >= 0.3 is 0 Å². The number of amides is 1. The Bertz CT molecular complexity index is 1060. The van der Waals surface area contributed by atoms with Crippen LogP contribution in [0.4, 0.5) is 0 Å². The molecule has 2 heterocycles. The molecule has 0 saturated heterocycles. The number of H-pyrrole nitrogens is 1. The van der Waals surface area contributed by atoms with Crippen molar-refractivity contribution in [2.24, 2.45) is 0 Å². The summed E-state index contributed by atoms with van der Waals surface area (Å²) in [5.74, 6) is 1.46. The highest BCUT2D eigenvalue weighted by Crippen LogP contribution is 2.30. The van der Waals surface area contributed by atoms with Gasteiger partial charge in [-0.05, 0) is 30.3 Å². The number of benzene rings is 2. The largest absolute Gasteiger partial charge is 0.490 e. The molecule has 7 nitrogen and oxygen atoms in total. The van der Waals surface area contributed by atoms with Crippen LogP contribution in [0, 0.1) is 0 Å². The maximum absolute atomic E-state index is 12.8. The van der Waals surface area contributed by atoms with Crippen LogP contribution in [0.25, 0.3) is 10.9 Å². The molecule has 3 aromatic rings. The lowest BCUT2D eigenvalue weighted by molar-refractivity contribution is 0.0781. The number of hydrogen-bond donors (Lipinski definition) is 1. The number of aromatic nitrogens is 2. The molecule has 0 bridgehead atoms. The number of carbonyl (C=O) groups excluding carboxylic acids is 1. The Balaban J connectivity index is 1.56.